The van der Waals surface area contributed by atoms with E-state index in [1.807, 2.05) is 6.08 Å². The average Bonchev–Trinajstić information content (AvgIpc) is 3.11. The van der Waals surface area contributed by atoms with Gasteiger partial charge in [0.1, 0.15) is 24.4 Å². The minimum atomic E-state index is -1.63. The van der Waals surface area contributed by atoms with Gasteiger partial charge in [-0.3, -0.25) is 9.59 Å². The zero-order valence-corrected chi connectivity index (χ0v) is 57.7. The predicted molar refractivity (Wildman–Crippen MR) is 379 cm³/mol. The molecule has 1 rings (SSSR count). The summed E-state index contributed by atoms with van der Waals surface area (Å²) >= 11 is 0. The Bertz CT molecular complexity index is 1890. The van der Waals surface area contributed by atoms with E-state index in [0.717, 1.165) is 109 Å². The number of carbonyl (C=O) groups excluding carboxylic acids is 2. The Balaban J connectivity index is 2.56. The van der Waals surface area contributed by atoms with Crippen molar-refractivity contribution in [2.45, 2.75) is 365 Å². The Hall–Kier alpha value is -3.68. The van der Waals surface area contributed by atoms with Crippen molar-refractivity contribution in [3.8, 4) is 0 Å². The molecule has 6 N–H and O–H groups in total. The molecule has 0 aromatic rings. The zero-order chi connectivity index (χ0) is 65.3. The molecule has 0 spiro atoms. The summed E-state index contributed by atoms with van der Waals surface area (Å²) in [7, 11) is 0. The first-order valence-corrected chi connectivity index (χ1v) is 37.2. The molecular weight excluding hydrogens is 1120 g/mol. The maximum absolute atomic E-state index is 13.5. The highest BCUT2D eigenvalue weighted by Crippen LogP contribution is 2.26. The van der Waals surface area contributed by atoms with Gasteiger partial charge < -0.3 is 45.1 Å². The van der Waals surface area contributed by atoms with Gasteiger partial charge in [-0.05, 0) is 109 Å². The number of carbonyl (C=O) groups is 2. The largest absolute Gasteiger partial charge is 0.454 e. The van der Waals surface area contributed by atoms with Crippen LogP contribution in [0.4, 0.5) is 0 Å². The fourth-order valence-electron chi connectivity index (χ4n) is 11.1. The number of rotatable bonds is 63. The van der Waals surface area contributed by atoms with Crippen molar-refractivity contribution >= 4 is 11.9 Å². The highest BCUT2D eigenvalue weighted by Gasteiger charge is 2.47. The van der Waals surface area contributed by atoms with Gasteiger partial charge in [-0.15, -0.1) is 0 Å². The molecule has 0 bridgehead atoms. The molecule has 1 amide bonds. The van der Waals surface area contributed by atoms with Crippen molar-refractivity contribution in [3.05, 3.63) is 109 Å². The predicted octanol–water partition coefficient (Wildman–Crippen LogP) is 19.6. The first kappa shape index (κ1) is 84.3. The van der Waals surface area contributed by atoms with Crippen LogP contribution in [0.1, 0.15) is 316 Å². The minimum Gasteiger partial charge on any atom is -0.454 e. The van der Waals surface area contributed by atoms with Crippen LogP contribution < -0.4 is 5.32 Å². The van der Waals surface area contributed by atoms with Gasteiger partial charge in [0.05, 0.1) is 25.4 Å². The van der Waals surface area contributed by atoms with E-state index in [1.54, 1.807) is 6.08 Å². The van der Waals surface area contributed by atoms with Crippen LogP contribution in [-0.4, -0.2) is 99.6 Å². The van der Waals surface area contributed by atoms with Gasteiger partial charge >= 0.3 is 5.97 Å². The van der Waals surface area contributed by atoms with Crippen LogP contribution in [0.15, 0.2) is 109 Å². The van der Waals surface area contributed by atoms with E-state index in [0.29, 0.717) is 12.8 Å². The van der Waals surface area contributed by atoms with Crippen molar-refractivity contribution in [2.24, 2.45) is 0 Å². The quantitative estimate of drug-likeness (QED) is 0.0195. The number of esters is 1. The highest BCUT2D eigenvalue weighted by molar-refractivity contribution is 5.80. The summed E-state index contributed by atoms with van der Waals surface area (Å²) in [6.07, 6.45) is 79.9. The maximum Gasteiger partial charge on any atom is 0.306 e. The van der Waals surface area contributed by atoms with E-state index in [2.05, 4.69) is 123 Å². The van der Waals surface area contributed by atoms with Gasteiger partial charge in [-0.25, -0.2) is 0 Å². The molecule has 518 valence electrons. The van der Waals surface area contributed by atoms with Crippen LogP contribution in [0.5, 0.6) is 0 Å². The van der Waals surface area contributed by atoms with Gasteiger partial charge in [-0.2, -0.15) is 0 Å². The van der Waals surface area contributed by atoms with E-state index in [4.69, 9.17) is 14.2 Å². The molecule has 1 aliphatic heterocycles. The molecule has 11 nitrogen and oxygen atoms in total. The zero-order valence-electron chi connectivity index (χ0n) is 57.7. The van der Waals surface area contributed by atoms with E-state index >= 15 is 0 Å². The fourth-order valence-corrected chi connectivity index (χ4v) is 11.1. The smallest absolute Gasteiger partial charge is 0.306 e. The van der Waals surface area contributed by atoms with E-state index < -0.39 is 67.4 Å². The SMILES string of the molecule is CC/C=C\C/C=C\C/C=C\C/C=C\C/C=C\C/C=C\CCCCCCC(=O)OC1C(OCC(NC(=O)C(O)CCCCCCCCCCCCCCCCCC/C=C\C/C=C\CCCCC)C(O)/C=C/CCCCCCCCCCCC)OC(CO)C(O)C1O. The van der Waals surface area contributed by atoms with Crippen molar-refractivity contribution in [1.82, 2.24) is 5.32 Å². The topological polar surface area (TPSA) is 175 Å². The molecule has 0 aromatic carbocycles. The molecule has 0 aliphatic carbocycles. The maximum atomic E-state index is 13.5. The van der Waals surface area contributed by atoms with Crippen LogP contribution in [0.25, 0.3) is 0 Å². The van der Waals surface area contributed by atoms with Crippen LogP contribution in [0.3, 0.4) is 0 Å². The average molecular weight is 1260 g/mol. The number of hydrogen-bond donors (Lipinski definition) is 6. The summed E-state index contributed by atoms with van der Waals surface area (Å²) in [5.41, 5.74) is 0. The Morgan fingerprint density at radius 1 is 0.444 bits per heavy atom. The molecule has 1 fully saturated rings. The van der Waals surface area contributed by atoms with Crippen molar-refractivity contribution in [2.75, 3.05) is 13.2 Å². The van der Waals surface area contributed by atoms with Crippen molar-refractivity contribution < 1.29 is 49.3 Å². The highest BCUT2D eigenvalue weighted by atomic mass is 16.7. The molecule has 0 aromatic heterocycles. The summed E-state index contributed by atoms with van der Waals surface area (Å²) in [6.45, 7) is 5.67. The Labute approximate surface area is 551 Å². The number of unbranched alkanes of at least 4 members (excludes halogenated alkanes) is 33. The van der Waals surface area contributed by atoms with Gasteiger partial charge in [0.2, 0.25) is 5.91 Å². The molecule has 0 radical (unpaired) electrons. The number of aliphatic hydroxyl groups excluding tert-OH is 5. The van der Waals surface area contributed by atoms with E-state index in [-0.39, 0.29) is 19.4 Å². The van der Waals surface area contributed by atoms with E-state index in [9.17, 15) is 35.1 Å². The first-order chi connectivity index (χ1) is 44.2. The van der Waals surface area contributed by atoms with Crippen molar-refractivity contribution in [3.63, 3.8) is 0 Å². The Kier molecular flexibility index (Phi) is 61.3. The number of aliphatic hydroxyl groups is 5. The van der Waals surface area contributed by atoms with Crippen LogP contribution in [-0.2, 0) is 23.8 Å². The molecule has 11 heteroatoms. The lowest BCUT2D eigenvalue weighted by atomic mass is 9.99. The fraction of sp³-hybridized carbons (Fsp3) is 0.747. The van der Waals surface area contributed by atoms with Crippen LogP contribution in [0, 0.1) is 0 Å². The van der Waals surface area contributed by atoms with E-state index in [1.165, 1.54) is 161 Å². The third-order valence-corrected chi connectivity index (χ3v) is 16.9. The molecule has 0 saturated carbocycles. The molecule has 1 aliphatic rings. The number of ether oxygens (including phenoxy) is 3. The number of allylic oxidation sites excluding steroid dienone is 17. The van der Waals surface area contributed by atoms with Crippen LogP contribution >= 0.6 is 0 Å². The number of hydrogen-bond acceptors (Lipinski definition) is 10. The minimum absolute atomic E-state index is 0.0895. The molecule has 1 saturated heterocycles. The standard InChI is InChI=1S/C79H137NO10/c1-4-7-10-13-16-19-22-25-27-29-31-33-35-36-37-39-40-42-44-46-48-51-54-57-60-63-66-72(83)78(87)80-70(71(82)65-62-59-56-53-50-24-21-18-15-12-9-6-3)69-88-79-77(76(86)75(85)73(68-81)89-79)90-74(84)67-64-61-58-55-52-49-47-45-43-41-38-34-32-30-28-26-23-20-17-14-11-8-5-2/h8,11,16-17,19-20,25-28,32,34,41,43,47,49,62,65,70-73,75-77,79,81-83,85-86H,4-7,9-10,12-15,18,21-24,29-31,33,35-40,42,44-46,48,50-61,63-64,66-69H2,1-3H3,(H,80,87)/b11-8-,19-16-,20-17-,27-25-,28-26-,34-32-,43-41-,49-47-,65-62+. The van der Waals surface area contributed by atoms with Crippen LogP contribution in [0.2, 0.25) is 0 Å². The Morgan fingerprint density at radius 2 is 0.800 bits per heavy atom. The van der Waals surface area contributed by atoms with Gasteiger partial charge in [-0.1, -0.05) is 310 Å². The number of amides is 1. The Morgan fingerprint density at radius 3 is 1.22 bits per heavy atom. The monoisotopic (exact) mass is 1260 g/mol. The summed E-state index contributed by atoms with van der Waals surface area (Å²) in [5, 5.41) is 57.3. The normalized spacial score (nSPS) is 18.7. The summed E-state index contributed by atoms with van der Waals surface area (Å²) in [4.78, 5) is 26.7. The second kappa shape index (κ2) is 65.4. The summed E-state index contributed by atoms with van der Waals surface area (Å²) < 4.78 is 17.7. The van der Waals surface area contributed by atoms with Gasteiger partial charge in [0.25, 0.3) is 0 Å². The number of nitrogens with one attached hydrogen (secondary N) is 1. The molecular formula is C79H137NO10. The lowest BCUT2D eigenvalue weighted by Crippen LogP contribution is -2.61. The van der Waals surface area contributed by atoms with Gasteiger partial charge in [0.15, 0.2) is 12.4 Å². The van der Waals surface area contributed by atoms with Crippen molar-refractivity contribution in [1.29, 1.82) is 0 Å². The molecule has 8 unspecified atom stereocenters. The second-order valence-electron chi connectivity index (χ2n) is 25.3. The molecule has 8 atom stereocenters. The molecule has 90 heavy (non-hydrogen) atoms. The summed E-state index contributed by atoms with van der Waals surface area (Å²) in [5.74, 6) is -1.22. The first-order valence-electron chi connectivity index (χ1n) is 37.2. The third kappa shape index (κ3) is 51.8. The lowest BCUT2D eigenvalue weighted by molar-refractivity contribution is -0.305. The van der Waals surface area contributed by atoms with Gasteiger partial charge in [0, 0.05) is 6.42 Å². The summed E-state index contributed by atoms with van der Waals surface area (Å²) in [6, 6.07) is -1.04. The lowest BCUT2D eigenvalue weighted by Gasteiger charge is -2.41. The molecule has 1 heterocycles. The third-order valence-electron chi connectivity index (χ3n) is 16.9. The second-order valence-corrected chi connectivity index (χ2v) is 25.3.